The van der Waals surface area contributed by atoms with Gasteiger partial charge in [-0.1, -0.05) is 12.1 Å². The van der Waals surface area contributed by atoms with Crippen molar-refractivity contribution in [1.29, 1.82) is 0 Å². The molecule has 0 saturated carbocycles. The predicted octanol–water partition coefficient (Wildman–Crippen LogP) is 1.90. The molecular weight excluding hydrogens is 384 g/mol. The van der Waals surface area contributed by atoms with Crippen LogP contribution < -0.4 is 23.8 Å². The summed E-state index contributed by atoms with van der Waals surface area (Å²) in [6.45, 7) is 1.57. The summed E-state index contributed by atoms with van der Waals surface area (Å²) in [4.78, 5) is 12.4. The molecule has 150 valence electrons. The fourth-order valence-electron chi connectivity index (χ4n) is 2.68. The van der Waals surface area contributed by atoms with Crippen molar-refractivity contribution in [2.24, 2.45) is 0 Å². The van der Waals surface area contributed by atoms with Gasteiger partial charge in [0.05, 0.1) is 18.6 Å². The SMILES string of the molecule is CCS(=O)(=O)N(CC(=O)NCc1ccc(OC)cc1)c1ccc2c(c1)OCO2. The molecule has 0 aliphatic carbocycles. The molecule has 0 atom stereocenters. The zero-order valence-electron chi connectivity index (χ0n) is 15.7. The zero-order valence-corrected chi connectivity index (χ0v) is 16.5. The standard InChI is InChI=1S/C19H22N2O6S/c1-3-28(23,24)21(15-6-9-17-18(10-15)27-13-26-17)12-19(22)20-11-14-4-7-16(25-2)8-5-14/h4-10H,3,11-13H2,1-2H3,(H,20,22). The van der Waals surface area contributed by atoms with Gasteiger partial charge in [0.25, 0.3) is 0 Å². The van der Waals surface area contributed by atoms with E-state index in [2.05, 4.69) is 5.32 Å². The van der Waals surface area contributed by atoms with E-state index in [1.165, 1.54) is 6.92 Å². The highest BCUT2D eigenvalue weighted by molar-refractivity contribution is 7.92. The molecule has 2 aromatic rings. The van der Waals surface area contributed by atoms with Gasteiger partial charge in [-0.05, 0) is 36.8 Å². The number of nitrogens with zero attached hydrogens (tertiary/aromatic N) is 1. The fourth-order valence-corrected chi connectivity index (χ4v) is 3.74. The molecule has 0 unspecified atom stereocenters. The topological polar surface area (TPSA) is 94.2 Å². The van der Waals surface area contributed by atoms with Crippen LogP contribution in [0.2, 0.25) is 0 Å². The van der Waals surface area contributed by atoms with Crippen molar-refractivity contribution < 1.29 is 27.4 Å². The highest BCUT2D eigenvalue weighted by Crippen LogP contribution is 2.36. The number of carbonyl (C=O) groups excluding carboxylic acids is 1. The van der Waals surface area contributed by atoms with Gasteiger partial charge >= 0.3 is 0 Å². The molecule has 0 saturated heterocycles. The first kappa shape index (κ1) is 19.8. The molecule has 1 heterocycles. The van der Waals surface area contributed by atoms with Gasteiger partial charge in [-0.25, -0.2) is 8.42 Å². The van der Waals surface area contributed by atoms with Crippen molar-refractivity contribution in [3.63, 3.8) is 0 Å². The van der Waals surface area contributed by atoms with Crippen LogP contribution >= 0.6 is 0 Å². The van der Waals surface area contributed by atoms with Crippen molar-refractivity contribution in [1.82, 2.24) is 5.32 Å². The second-order valence-corrected chi connectivity index (χ2v) is 8.25. The lowest BCUT2D eigenvalue weighted by molar-refractivity contribution is -0.119. The zero-order chi connectivity index (χ0) is 20.1. The molecule has 8 nitrogen and oxygen atoms in total. The minimum absolute atomic E-state index is 0.0850. The highest BCUT2D eigenvalue weighted by atomic mass is 32.2. The van der Waals surface area contributed by atoms with E-state index >= 15 is 0 Å². The van der Waals surface area contributed by atoms with E-state index in [0.717, 1.165) is 15.6 Å². The van der Waals surface area contributed by atoms with Gasteiger partial charge in [0.15, 0.2) is 11.5 Å². The van der Waals surface area contributed by atoms with E-state index < -0.39 is 15.9 Å². The summed E-state index contributed by atoms with van der Waals surface area (Å²) in [5.41, 5.74) is 1.23. The van der Waals surface area contributed by atoms with Crippen LogP contribution in [0.5, 0.6) is 17.2 Å². The van der Waals surface area contributed by atoms with Crippen LogP contribution in [0.4, 0.5) is 5.69 Å². The van der Waals surface area contributed by atoms with Crippen LogP contribution in [0.1, 0.15) is 12.5 Å². The maximum absolute atomic E-state index is 12.5. The Morgan fingerprint density at radius 3 is 2.54 bits per heavy atom. The number of benzene rings is 2. The first-order valence-electron chi connectivity index (χ1n) is 8.72. The van der Waals surface area contributed by atoms with Crippen LogP contribution in [0, 0.1) is 0 Å². The lowest BCUT2D eigenvalue weighted by atomic mass is 10.2. The Morgan fingerprint density at radius 1 is 1.14 bits per heavy atom. The number of amides is 1. The Hall–Kier alpha value is -2.94. The monoisotopic (exact) mass is 406 g/mol. The Bertz CT molecular complexity index is 943. The molecule has 1 aliphatic rings. The third-order valence-electron chi connectivity index (χ3n) is 4.28. The van der Waals surface area contributed by atoms with Crippen LogP contribution in [0.25, 0.3) is 0 Å². The number of hydrogen-bond donors (Lipinski definition) is 1. The van der Waals surface area contributed by atoms with Gasteiger partial charge < -0.3 is 19.5 Å². The molecule has 28 heavy (non-hydrogen) atoms. The molecule has 0 spiro atoms. The van der Waals surface area contributed by atoms with E-state index in [4.69, 9.17) is 14.2 Å². The molecule has 2 aromatic carbocycles. The summed E-state index contributed by atoms with van der Waals surface area (Å²) in [5.74, 6) is 1.17. The fraction of sp³-hybridized carbons (Fsp3) is 0.316. The van der Waals surface area contributed by atoms with Crippen molar-refractivity contribution in [2.45, 2.75) is 13.5 Å². The lowest BCUT2D eigenvalue weighted by Gasteiger charge is -2.23. The lowest BCUT2D eigenvalue weighted by Crippen LogP contribution is -2.41. The number of nitrogens with one attached hydrogen (secondary N) is 1. The van der Waals surface area contributed by atoms with Crippen LogP contribution in [-0.2, 0) is 21.4 Å². The number of fused-ring (bicyclic) bond motifs is 1. The highest BCUT2D eigenvalue weighted by Gasteiger charge is 2.25. The van der Waals surface area contributed by atoms with E-state index in [0.29, 0.717) is 17.2 Å². The average Bonchev–Trinajstić information content (AvgIpc) is 3.18. The molecule has 0 fully saturated rings. The van der Waals surface area contributed by atoms with Crippen molar-refractivity contribution in [3.05, 3.63) is 48.0 Å². The summed E-state index contributed by atoms with van der Waals surface area (Å²) in [6.07, 6.45) is 0. The third-order valence-corrected chi connectivity index (χ3v) is 6.02. The maximum Gasteiger partial charge on any atom is 0.241 e. The van der Waals surface area contributed by atoms with Gasteiger partial charge in [0, 0.05) is 12.6 Å². The second-order valence-electron chi connectivity index (χ2n) is 6.07. The molecule has 0 radical (unpaired) electrons. The molecule has 1 N–H and O–H groups in total. The van der Waals surface area contributed by atoms with Crippen molar-refractivity contribution in [2.75, 3.05) is 30.5 Å². The molecule has 0 bridgehead atoms. The van der Waals surface area contributed by atoms with Gasteiger partial charge in [-0.15, -0.1) is 0 Å². The number of methoxy groups -OCH3 is 1. The number of carbonyl (C=O) groups is 1. The van der Waals surface area contributed by atoms with Gasteiger partial charge in [0.2, 0.25) is 22.7 Å². The van der Waals surface area contributed by atoms with Crippen molar-refractivity contribution in [3.8, 4) is 17.2 Å². The van der Waals surface area contributed by atoms with Crippen LogP contribution in [0.3, 0.4) is 0 Å². The van der Waals surface area contributed by atoms with E-state index in [1.54, 1.807) is 37.4 Å². The van der Waals surface area contributed by atoms with E-state index in [-0.39, 0.29) is 25.6 Å². The summed E-state index contributed by atoms with van der Waals surface area (Å²) >= 11 is 0. The second kappa shape index (κ2) is 8.39. The minimum Gasteiger partial charge on any atom is -0.497 e. The summed E-state index contributed by atoms with van der Waals surface area (Å²) in [7, 11) is -2.08. The number of sulfonamides is 1. The molecule has 0 aromatic heterocycles. The molecule has 1 amide bonds. The summed E-state index contributed by atoms with van der Waals surface area (Å²) in [5, 5.41) is 2.74. The van der Waals surface area contributed by atoms with Crippen LogP contribution in [-0.4, -0.2) is 40.5 Å². The average molecular weight is 406 g/mol. The summed E-state index contributed by atoms with van der Waals surface area (Å²) in [6, 6.07) is 12.0. The molecule has 1 aliphatic heterocycles. The molecule has 9 heteroatoms. The predicted molar refractivity (Wildman–Crippen MR) is 104 cm³/mol. The number of anilines is 1. The first-order chi connectivity index (χ1) is 13.4. The molecule has 3 rings (SSSR count). The van der Waals surface area contributed by atoms with Gasteiger partial charge in [-0.2, -0.15) is 0 Å². The smallest absolute Gasteiger partial charge is 0.241 e. The van der Waals surface area contributed by atoms with Gasteiger partial charge in [-0.3, -0.25) is 9.10 Å². The Balaban J connectivity index is 1.71. The van der Waals surface area contributed by atoms with Crippen LogP contribution in [0.15, 0.2) is 42.5 Å². The van der Waals surface area contributed by atoms with Crippen molar-refractivity contribution >= 4 is 21.6 Å². The Labute approximate surface area is 164 Å². The number of rotatable bonds is 8. The third kappa shape index (κ3) is 4.48. The van der Waals surface area contributed by atoms with E-state index in [1.807, 2.05) is 12.1 Å². The largest absolute Gasteiger partial charge is 0.497 e. The Morgan fingerprint density at radius 2 is 1.86 bits per heavy atom. The number of ether oxygens (including phenoxy) is 3. The van der Waals surface area contributed by atoms with Gasteiger partial charge in [0.1, 0.15) is 12.3 Å². The molecular formula is C19H22N2O6S. The first-order valence-corrected chi connectivity index (χ1v) is 10.3. The number of hydrogen-bond acceptors (Lipinski definition) is 6. The maximum atomic E-state index is 12.5. The Kier molecular flexibility index (Phi) is 5.93. The quantitative estimate of drug-likeness (QED) is 0.720. The normalized spacial score (nSPS) is 12.5. The van der Waals surface area contributed by atoms with E-state index in [9.17, 15) is 13.2 Å². The minimum atomic E-state index is -3.66. The summed E-state index contributed by atoms with van der Waals surface area (Å²) < 4.78 is 41.8.